The zero-order valence-electron chi connectivity index (χ0n) is 16.0. The molecular formula is C20H22F3NO4S. The zero-order chi connectivity index (χ0) is 21.6. The number of hydrogen-bond acceptors (Lipinski definition) is 4. The number of anilines is 1. The number of halogens is 3. The monoisotopic (exact) mass is 429 g/mol. The third-order valence-corrected chi connectivity index (χ3v) is 4.97. The average Bonchev–Trinajstić information content (AvgIpc) is 2.64. The molecule has 158 valence electrons. The Bertz CT molecular complexity index is 872. The number of unbranched alkanes of at least 4 members (excludes halogenated alkanes) is 1. The van der Waals surface area contributed by atoms with Crippen molar-refractivity contribution in [2.45, 2.75) is 30.8 Å². The topological polar surface area (TPSA) is 66.8 Å². The van der Waals surface area contributed by atoms with Crippen LogP contribution in [0.2, 0.25) is 0 Å². The number of carboxylic acid groups (broad SMARTS) is 1. The van der Waals surface area contributed by atoms with Gasteiger partial charge in [-0.2, -0.15) is 13.2 Å². The number of para-hydroxylation sites is 1. The molecule has 0 radical (unpaired) electrons. The summed E-state index contributed by atoms with van der Waals surface area (Å²) in [6.45, 7) is 0.602. The summed E-state index contributed by atoms with van der Waals surface area (Å²) in [5, 5.41) is 9.41. The number of benzene rings is 2. The Morgan fingerprint density at radius 1 is 1.21 bits per heavy atom. The summed E-state index contributed by atoms with van der Waals surface area (Å²) in [6.07, 6.45) is -2.08. The zero-order valence-corrected chi connectivity index (χ0v) is 16.8. The van der Waals surface area contributed by atoms with Crippen LogP contribution in [0.25, 0.3) is 0 Å². The maximum Gasteiger partial charge on any atom is 0.405 e. The number of alkyl halides is 3. The average molecular weight is 429 g/mol. The van der Waals surface area contributed by atoms with E-state index in [2.05, 4.69) is 0 Å². The Balaban J connectivity index is 2.69. The van der Waals surface area contributed by atoms with Crippen LogP contribution in [0.3, 0.4) is 0 Å². The lowest BCUT2D eigenvalue weighted by Gasteiger charge is -2.29. The van der Waals surface area contributed by atoms with Gasteiger partial charge < -0.3 is 14.7 Å². The molecule has 29 heavy (non-hydrogen) atoms. The van der Waals surface area contributed by atoms with Crippen LogP contribution < -0.4 is 9.64 Å². The van der Waals surface area contributed by atoms with E-state index < -0.39 is 29.5 Å². The molecule has 0 aliphatic rings. The van der Waals surface area contributed by atoms with E-state index in [1.165, 1.54) is 12.3 Å². The van der Waals surface area contributed by atoms with Crippen LogP contribution in [-0.2, 0) is 10.8 Å². The predicted molar refractivity (Wildman–Crippen MR) is 105 cm³/mol. The van der Waals surface area contributed by atoms with Crippen molar-refractivity contribution in [2.75, 3.05) is 24.2 Å². The van der Waals surface area contributed by atoms with Gasteiger partial charge in [-0.1, -0.05) is 31.5 Å². The highest BCUT2D eigenvalue weighted by atomic mass is 32.2. The lowest BCUT2D eigenvalue weighted by atomic mass is 10.1. The second kappa shape index (κ2) is 9.78. The quantitative estimate of drug-likeness (QED) is 0.602. The number of rotatable bonds is 9. The molecule has 0 saturated carbocycles. The number of carbonyl (C=O) groups is 1. The normalized spacial score (nSPS) is 12.4. The Hall–Kier alpha value is -2.55. The molecular weight excluding hydrogens is 407 g/mol. The largest absolute Gasteiger partial charge is 0.478 e. The van der Waals surface area contributed by atoms with E-state index in [1.807, 2.05) is 6.92 Å². The van der Waals surface area contributed by atoms with Crippen LogP contribution in [0.5, 0.6) is 11.5 Å². The SMILES string of the molecule is CCCCN(CC(F)(F)F)c1cc(C(=O)O)cc(S(C)=O)c1Oc1ccccc1. The van der Waals surface area contributed by atoms with Crippen molar-refractivity contribution in [3.8, 4) is 11.5 Å². The first-order valence-electron chi connectivity index (χ1n) is 8.91. The van der Waals surface area contributed by atoms with Crippen molar-refractivity contribution in [1.29, 1.82) is 0 Å². The molecule has 2 aromatic carbocycles. The van der Waals surface area contributed by atoms with Crippen LogP contribution in [0, 0.1) is 0 Å². The fraction of sp³-hybridized carbons (Fsp3) is 0.350. The first kappa shape index (κ1) is 22.7. The summed E-state index contributed by atoms with van der Waals surface area (Å²) >= 11 is 0. The third-order valence-electron chi connectivity index (χ3n) is 4.05. The summed E-state index contributed by atoms with van der Waals surface area (Å²) in [5.41, 5.74) is -0.306. The molecule has 0 amide bonds. The van der Waals surface area contributed by atoms with Gasteiger partial charge in [0, 0.05) is 12.8 Å². The summed E-state index contributed by atoms with van der Waals surface area (Å²) in [7, 11) is -1.69. The molecule has 0 bridgehead atoms. The van der Waals surface area contributed by atoms with E-state index in [0.717, 1.165) is 11.0 Å². The number of hydrogen-bond donors (Lipinski definition) is 1. The molecule has 0 aromatic heterocycles. The van der Waals surface area contributed by atoms with Crippen molar-refractivity contribution in [3.05, 3.63) is 48.0 Å². The van der Waals surface area contributed by atoms with Crippen molar-refractivity contribution in [2.24, 2.45) is 0 Å². The van der Waals surface area contributed by atoms with Crippen molar-refractivity contribution in [3.63, 3.8) is 0 Å². The number of ether oxygens (including phenoxy) is 1. The van der Waals surface area contributed by atoms with Gasteiger partial charge in [0.15, 0.2) is 5.75 Å². The van der Waals surface area contributed by atoms with E-state index in [0.29, 0.717) is 18.6 Å². The van der Waals surface area contributed by atoms with Gasteiger partial charge in [0.2, 0.25) is 0 Å². The van der Waals surface area contributed by atoms with Crippen LogP contribution in [-0.4, -0.2) is 40.8 Å². The Kier molecular flexibility index (Phi) is 7.66. The molecule has 2 rings (SSSR count). The summed E-state index contributed by atoms with van der Waals surface area (Å²) in [6, 6.07) is 10.7. The van der Waals surface area contributed by atoms with E-state index in [9.17, 15) is 27.3 Å². The standard InChI is InChI=1S/C20H22F3NO4S/c1-3-4-10-24(13-20(21,22)23)16-11-14(19(25)26)12-17(29(2)27)18(16)28-15-8-6-5-7-9-15/h5-9,11-12H,3-4,10,13H2,1-2H3,(H,25,26). The van der Waals surface area contributed by atoms with Crippen molar-refractivity contribution < 1.29 is 32.0 Å². The molecule has 2 aromatic rings. The van der Waals surface area contributed by atoms with Crippen molar-refractivity contribution in [1.82, 2.24) is 0 Å². The fourth-order valence-electron chi connectivity index (χ4n) is 2.72. The lowest BCUT2D eigenvalue weighted by molar-refractivity contribution is -0.119. The van der Waals surface area contributed by atoms with Gasteiger partial charge >= 0.3 is 12.1 Å². The Morgan fingerprint density at radius 2 is 1.86 bits per heavy atom. The first-order valence-corrected chi connectivity index (χ1v) is 10.5. The summed E-state index contributed by atoms with van der Waals surface area (Å²) in [4.78, 5) is 12.6. The molecule has 1 unspecified atom stereocenters. The van der Waals surface area contributed by atoms with Crippen molar-refractivity contribution >= 4 is 22.5 Å². The number of carboxylic acids is 1. The van der Waals surface area contributed by atoms with E-state index in [-0.39, 0.29) is 28.4 Å². The molecule has 9 heteroatoms. The van der Waals surface area contributed by atoms with Gasteiger partial charge in [-0.15, -0.1) is 0 Å². The molecule has 0 fully saturated rings. The minimum Gasteiger partial charge on any atom is -0.478 e. The highest BCUT2D eigenvalue weighted by Crippen LogP contribution is 2.40. The molecule has 5 nitrogen and oxygen atoms in total. The summed E-state index contributed by atoms with van der Waals surface area (Å²) < 4.78 is 57.8. The molecule has 0 aliphatic heterocycles. The molecule has 0 spiro atoms. The van der Waals surface area contributed by atoms with E-state index in [1.54, 1.807) is 30.3 Å². The second-order valence-electron chi connectivity index (χ2n) is 6.39. The van der Waals surface area contributed by atoms with E-state index >= 15 is 0 Å². The van der Waals surface area contributed by atoms with Gasteiger partial charge in [0.25, 0.3) is 0 Å². The Labute approximate surface area is 169 Å². The minimum atomic E-state index is -4.51. The molecule has 0 saturated heterocycles. The Morgan fingerprint density at radius 3 is 2.38 bits per heavy atom. The first-order chi connectivity index (χ1) is 13.6. The van der Waals surface area contributed by atoms with Gasteiger partial charge in [-0.05, 0) is 30.7 Å². The van der Waals surface area contributed by atoms with Crippen LogP contribution in [0.4, 0.5) is 18.9 Å². The highest BCUT2D eigenvalue weighted by molar-refractivity contribution is 7.84. The molecule has 1 atom stereocenters. The third kappa shape index (κ3) is 6.49. The van der Waals surface area contributed by atoms with Gasteiger partial charge in [-0.3, -0.25) is 4.21 Å². The molecule has 0 heterocycles. The molecule has 1 N–H and O–H groups in total. The number of aromatic carboxylic acids is 1. The summed E-state index contributed by atoms with van der Waals surface area (Å²) in [5.74, 6) is -1.03. The minimum absolute atomic E-state index is 0.0208. The van der Waals surface area contributed by atoms with Gasteiger partial charge in [0.05, 0.1) is 26.9 Å². The smallest absolute Gasteiger partial charge is 0.405 e. The van der Waals surface area contributed by atoms with Gasteiger partial charge in [0.1, 0.15) is 12.3 Å². The van der Waals surface area contributed by atoms with Gasteiger partial charge in [-0.25, -0.2) is 4.79 Å². The number of nitrogens with zero attached hydrogens (tertiary/aromatic N) is 1. The molecule has 0 aliphatic carbocycles. The predicted octanol–water partition coefficient (Wildman–Crippen LogP) is 5.08. The van der Waals surface area contributed by atoms with E-state index in [4.69, 9.17) is 4.74 Å². The van der Waals surface area contributed by atoms with Crippen LogP contribution >= 0.6 is 0 Å². The maximum atomic E-state index is 13.2. The fourth-order valence-corrected chi connectivity index (χ4v) is 3.42. The van der Waals surface area contributed by atoms with Crippen LogP contribution in [0.1, 0.15) is 30.1 Å². The highest BCUT2D eigenvalue weighted by Gasteiger charge is 2.33. The lowest BCUT2D eigenvalue weighted by Crippen LogP contribution is -2.35. The van der Waals surface area contributed by atoms with Crippen LogP contribution in [0.15, 0.2) is 47.4 Å². The second-order valence-corrected chi connectivity index (χ2v) is 7.74. The maximum absolute atomic E-state index is 13.2.